The first-order chi connectivity index (χ1) is 8.51. The molecule has 1 rings (SSSR count). The minimum Gasteiger partial charge on any atom is -0.369 e. The van der Waals surface area contributed by atoms with Gasteiger partial charge in [-0.25, -0.2) is 4.98 Å². The number of nitrogens with zero attached hydrogens (tertiary/aromatic N) is 2. The number of hydrogen-bond donors (Lipinski definition) is 1. The number of anilines is 2. The number of pyridine rings is 1. The van der Waals surface area contributed by atoms with Gasteiger partial charge in [0.15, 0.2) is 0 Å². The fraction of sp³-hybridized carbons (Fsp3) is 0.615. The Morgan fingerprint density at radius 1 is 1.28 bits per heavy atom. The number of rotatable bonds is 6. The van der Waals surface area contributed by atoms with Crippen LogP contribution in [-0.4, -0.2) is 24.1 Å². The summed E-state index contributed by atoms with van der Waals surface area (Å²) >= 11 is 12.4. The Bertz CT molecular complexity index is 394. The SMILES string of the molecule is CCCN(c1nc(NCC)c(Cl)cc1Cl)C(C)C. The molecule has 0 aromatic carbocycles. The van der Waals surface area contributed by atoms with E-state index in [-0.39, 0.29) is 0 Å². The van der Waals surface area contributed by atoms with Gasteiger partial charge in [-0.2, -0.15) is 0 Å². The van der Waals surface area contributed by atoms with Gasteiger partial charge in [0.1, 0.15) is 11.6 Å². The van der Waals surface area contributed by atoms with E-state index in [0.717, 1.165) is 25.3 Å². The Balaban J connectivity index is 3.16. The zero-order chi connectivity index (χ0) is 13.7. The molecule has 1 heterocycles. The summed E-state index contributed by atoms with van der Waals surface area (Å²) in [6.45, 7) is 10.1. The third-order valence-electron chi connectivity index (χ3n) is 2.62. The van der Waals surface area contributed by atoms with Crippen LogP contribution in [0.3, 0.4) is 0 Å². The topological polar surface area (TPSA) is 28.2 Å². The molecule has 0 radical (unpaired) electrons. The Kier molecular flexibility index (Phi) is 6.03. The molecule has 5 heteroatoms. The summed E-state index contributed by atoms with van der Waals surface area (Å²) < 4.78 is 0. The fourth-order valence-electron chi connectivity index (χ4n) is 1.80. The average molecular weight is 290 g/mol. The van der Waals surface area contributed by atoms with Gasteiger partial charge in [-0.3, -0.25) is 0 Å². The summed E-state index contributed by atoms with van der Waals surface area (Å²) in [5, 5.41) is 4.31. The highest BCUT2D eigenvalue weighted by molar-refractivity contribution is 6.37. The van der Waals surface area contributed by atoms with E-state index in [2.05, 4.69) is 36.0 Å². The summed E-state index contributed by atoms with van der Waals surface area (Å²) in [6, 6.07) is 2.11. The lowest BCUT2D eigenvalue weighted by Gasteiger charge is -2.28. The summed E-state index contributed by atoms with van der Waals surface area (Å²) in [4.78, 5) is 6.75. The monoisotopic (exact) mass is 289 g/mol. The molecule has 0 atom stereocenters. The zero-order valence-corrected chi connectivity index (χ0v) is 12.9. The van der Waals surface area contributed by atoms with Crippen LogP contribution < -0.4 is 10.2 Å². The van der Waals surface area contributed by atoms with Gasteiger partial charge in [0.2, 0.25) is 0 Å². The van der Waals surface area contributed by atoms with Crippen molar-refractivity contribution < 1.29 is 0 Å². The molecule has 0 spiro atoms. The molecule has 0 amide bonds. The van der Waals surface area contributed by atoms with Crippen molar-refractivity contribution in [2.24, 2.45) is 0 Å². The van der Waals surface area contributed by atoms with Crippen molar-refractivity contribution in [3.63, 3.8) is 0 Å². The van der Waals surface area contributed by atoms with Crippen LogP contribution >= 0.6 is 23.2 Å². The predicted octanol–water partition coefficient (Wildman–Crippen LogP) is 4.45. The van der Waals surface area contributed by atoms with Gasteiger partial charge in [0.05, 0.1) is 10.0 Å². The van der Waals surface area contributed by atoms with Crippen LogP contribution in [0.5, 0.6) is 0 Å². The fourth-order valence-corrected chi connectivity index (χ4v) is 2.33. The van der Waals surface area contributed by atoms with Gasteiger partial charge < -0.3 is 10.2 Å². The number of aromatic nitrogens is 1. The normalized spacial score (nSPS) is 10.8. The van der Waals surface area contributed by atoms with E-state index < -0.39 is 0 Å². The van der Waals surface area contributed by atoms with Crippen LogP contribution in [0.15, 0.2) is 6.07 Å². The molecule has 0 bridgehead atoms. The maximum atomic E-state index is 6.26. The minimum absolute atomic E-state index is 0.352. The first-order valence-corrected chi connectivity index (χ1v) is 7.13. The first-order valence-electron chi connectivity index (χ1n) is 6.37. The second kappa shape index (κ2) is 7.05. The Labute approximate surface area is 119 Å². The van der Waals surface area contributed by atoms with E-state index in [1.165, 1.54) is 0 Å². The molecule has 0 fully saturated rings. The molecule has 0 saturated carbocycles. The molecule has 1 aromatic rings. The van der Waals surface area contributed by atoms with Crippen molar-refractivity contribution in [3.8, 4) is 0 Å². The summed E-state index contributed by atoms with van der Waals surface area (Å²) in [5.41, 5.74) is 0. The van der Waals surface area contributed by atoms with Gasteiger partial charge in [-0.15, -0.1) is 0 Å². The maximum Gasteiger partial charge on any atom is 0.150 e. The molecule has 0 saturated heterocycles. The molecular weight excluding hydrogens is 269 g/mol. The van der Waals surface area contributed by atoms with Gasteiger partial charge in [0.25, 0.3) is 0 Å². The lowest BCUT2D eigenvalue weighted by atomic mass is 10.2. The van der Waals surface area contributed by atoms with Gasteiger partial charge in [-0.05, 0) is 33.3 Å². The molecule has 102 valence electrons. The second-order valence-electron chi connectivity index (χ2n) is 4.44. The molecule has 0 unspecified atom stereocenters. The summed E-state index contributed by atoms with van der Waals surface area (Å²) in [5.74, 6) is 1.49. The average Bonchev–Trinajstić information content (AvgIpc) is 2.30. The highest BCUT2D eigenvalue weighted by atomic mass is 35.5. The van der Waals surface area contributed by atoms with Crippen LogP contribution in [0, 0.1) is 0 Å². The third kappa shape index (κ3) is 3.66. The van der Waals surface area contributed by atoms with E-state index in [9.17, 15) is 0 Å². The van der Waals surface area contributed by atoms with Crippen molar-refractivity contribution in [2.75, 3.05) is 23.3 Å². The van der Waals surface area contributed by atoms with E-state index in [1.807, 2.05) is 6.92 Å². The van der Waals surface area contributed by atoms with Gasteiger partial charge >= 0.3 is 0 Å². The second-order valence-corrected chi connectivity index (χ2v) is 5.26. The highest BCUT2D eigenvalue weighted by Crippen LogP contribution is 2.32. The van der Waals surface area contributed by atoms with Crippen LogP contribution in [0.2, 0.25) is 10.0 Å². The molecule has 18 heavy (non-hydrogen) atoms. The zero-order valence-electron chi connectivity index (χ0n) is 11.4. The van der Waals surface area contributed by atoms with Crippen molar-refractivity contribution in [3.05, 3.63) is 16.1 Å². The Morgan fingerprint density at radius 2 is 1.94 bits per heavy atom. The standard InChI is InChI=1S/C13H21Cl2N3/c1-5-7-18(9(3)4)13-11(15)8-10(14)12(17-13)16-6-2/h8-9H,5-7H2,1-4H3,(H,16,17). The molecule has 0 aliphatic heterocycles. The van der Waals surface area contributed by atoms with E-state index in [1.54, 1.807) is 6.07 Å². The third-order valence-corrected chi connectivity index (χ3v) is 3.18. The van der Waals surface area contributed by atoms with Crippen molar-refractivity contribution in [2.45, 2.75) is 40.2 Å². The van der Waals surface area contributed by atoms with Gasteiger partial charge in [0, 0.05) is 19.1 Å². The number of nitrogens with one attached hydrogen (secondary N) is 1. The molecule has 1 N–H and O–H groups in total. The summed E-state index contributed by atoms with van der Waals surface area (Å²) in [6.07, 6.45) is 1.05. The largest absolute Gasteiger partial charge is 0.369 e. The lowest BCUT2D eigenvalue weighted by Crippen LogP contribution is -2.32. The molecular formula is C13H21Cl2N3. The number of hydrogen-bond acceptors (Lipinski definition) is 3. The molecule has 0 aliphatic rings. The Hall–Kier alpha value is -0.670. The number of halogens is 2. The quantitative estimate of drug-likeness (QED) is 0.839. The highest BCUT2D eigenvalue weighted by Gasteiger charge is 2.17. The summed E-state index contributed by atoms with van der Waals surface area (Å²) in [7, 11) is 0. The lowest BCUT2D eigenvalue weighted by molar-refractivity contribution is 0.662. The van der Waals surface area contributed by atoms with Crippen molar-refractivity contribution >= 4 is 34.8 Å². The van der Waals surface area contributed by atoms with Crippen LogP contribution in [0.4, 0.5) is 11.6 Å². The molecule has 1 aromatic heterocycles. The maximum absolute atomic E-state index is 6.26. The van der Waals surface area contributed by atoms with E-state index >= 15 is 0 Å². The minimum atomic E-state index is 0.352. The van der Waals surface area contributed by atoms with Crippen molar-refractivity contribution in [1.29, 1.82) is 0 Å². The molecule has 0 aliphatic carbocycles. The van der Waals surface area contributed by atoms with Crippen molar-refractivity contribution in [1.82, 2.24) is 4.98 Å². The van der Waals surface area contributed by atoms with E-state index in [4.69, 9.17) is 23.2 Å². The van der Waals surface area contributed by atoms with Gasteiger partial charge in [-0.1, -0.05) is 30.1 Å². The molecule has 3 nitrogen and oxygen atoms in total. The first kappa shape index (κ1) is 15.4. The predicted molar refractivity (Wildman–Crippen MR) is 81.2 cm³/mol. The van der Waals surface area contributed by atoms with Crippen LogP contribution in [-0.2, 0) is 0 Å². The van der Waals surface area contributed by atoms with E-state index in [0.29, 0.717) is 21.9 Å². The smallest absolute Gasteiger partial charge is 0.150 e. The van der Waals surface area contributed by atoms with Crippen LogP contribution in [0.25, 0.3) is 0 Å². The van der Waals surface area contributed by atoms with Crippen LogP contribution in [0.1, 0.15) is 34.1 Å². The Morgan fingerprint density at radius 3 is 2.44 bits per heavy atom.